The lowest BCUT2D eigenvalue weighted by Gasteiger charge is -2.20. The van der Waals surface area contributed by atoms with E-state index in [2.05, 4.69) is 34.5 Å². The van der Waals surface area contributed by atoms with Gasteiger partial charge in [-0.05, 0) is 40.0 Å². The third-order valence-electron chi connectivity index (χ3n) is 4.36. The molecule has 6 nitrogen and oxygen atoms in total. The topological polar surface area (TPSA) is 69.6 Å². The first-order valence-electron chi connectivity index (χ1n) is 9.33. The molecule has 0 unspecified atom stereocenters. The van der Waals surface area contributed by atoms with Crippen LogP contribution in [0, 0.1) is 13.8 Å². The second kappa shape index (κ2) is 12.5. The second-order valence-electron chi connectivity index (χ2n) is 6.42. The van der Waals surface area contributed by atoms with Crippen molar-refractivity contribution >= 4 is 47.2 Å². The monoisotopic (exact) mass is 493 g/mol. The van der Waals surface area contributed by atoms with Gasteiger partial charge in [0, 0.05) is 37.5 Å². The number of halogens is 1. The number of aromatic nitrogens is 1. The molecule has 0 spiro atoms. The van der Waals surface area contributed by atoms with Crippen molar-refractivity contribution in [3.8, 4) is 0 Å². The molecular weight excluding hydrogens is 461 g/mol. The molecule has 26 heavy (non-hydrogen) atoms. The number of carbonyl (C=O) groups excluding carboxylic acids is 1. The Kier molecular flexibility index (Phi) is 11.1. The first-order valence-corrected chi connectivity index (χ1v) is 10.1. The summed E-state index contributed by atoms with van der Waals surface area (Å²) in [5.41, 5.74) is 1.09. The van der Waals surface area contributed by atoms with E-state index < -0.39 is 0 Å². The molecule has 1 saturated heterocycles. The van der Waals surface area contributed by atoms with Gasteiger partial charge in [0.15, 0.2) is 5.96 Å². The maximum absolute atomic E-state index is 12.0. The molecule has 1 aliphatic rings. The Morgan fingerprint density at radius 1 is 1.27 bits per heavy atom. The molecule has 2 N–H and O–H groups in total. The van der Waals surface area contributed by atoms with Crippen LogP contribution in [0.5, 0.6) is 0 Å². The predicted octanol–water partition coefficient (Wildman–Crippen LogP) is 3.23. The number of hydrogen-bond donors (Lipinski definition) is 2. The molecule has 8 heteroatoms. The van der Waals surface area contributed by atoms with Gasteiger partial charge < -0.3 is 15.5 Å². The highest BCUT2D eigenvalue weighted by Crippen LogP contribution is 2.17. The minimum Gasteiger partial charge on any atom is -0.357 e. The van der Waals surface area contributed by atoms with E-state index in [-0.39, 0.29) is 24.0 Å². The zero-order chi connectivity index (χ0) is 18.1. The Balaban J connectivity index is 0.00000338. The number of likely N-dealkylation sites (tertiary alicyclic amines) is 1. The van der Waals surface area contributed by atoms with Crippen molar-refractivity contribution in [3.05, 3.63) is 15.6 Å². The summed E-state index contributed by atoms with van der Waals surface area (Å²) in [5, 5.41) is 7.67. The van der Waals surface area contributed by atoms with Crippen LogP contribution in [0.4, 0.5) is 0 Å². The van der Waals surface area contributed by atoms with Gasteiger partial charge in [-0.1, -0.05) is 6.42 Å². The molecule has 0 saturated carbocycles. The Bertz CT molecular complexity index is 571. The van der Waals surface area contributed by atoms with Crippen LogP contribution in [-0.4, -0.2) is 47.9 Å². The molecule has 0 radical (unpaired) electrons. The van der Waals surface area contributed by atoms with Crippen molar-refractivity contribution in [2.24, 2.45) is 4.99 Å². The standard InChI is InChI=1S/C18H31N5OS.HI/c1-4-19-18(21-13-16-22-14(2)15(3)25-16)20-10-8-12-23-11-7-5-6-9-17(23)24;/h4-13H2,1-3H3,(H2,19,20,21);1H. The Hall–Kier alpha value is -0.900. The summed E-state index contributed by atoms with van der Waals surface area (Å²) in [5.74, 6) is 1.13. The van der Waals surface area contributed by atoms with E-state index in [0.29, 0.717) is 18.9 Å². The number of hydrogen-bond acceptors (Lipinski definition) is 4. The summed E-state index contributed by atoms with van der Waals surface area (Å²) in [6, 6.07) is 0. The maximum Gasteiger partial charge on any atom is 0.222 e. The van der Waals surface area contributed by atoms with Gasteiger partial charge in [-0.2, -0.15) is 0 Å². The average Bonchev–Trinajstić information content (AvgIpc) is 2.78. The van der Waals surface area contributed by atoms with Gasteiger partial charge in [0.05, 0.1) is 12.2 Å². The zero-order valence-corrected chi connectivity index (χ0v) is 19.3. The molecule has 2 rings (SSSR count). The molecule has 1 fully saturated rings. The zero-order valence-electron chi connectivity index (χ0n) is 16.1. The number of amides is 1. The van der Waals surface area contributed by atoms with Crippen molar-refractivity contribution in [2.45, 2.75) is 59.4 Å². The largest absolute Gasteiger partial charge is 0.357 e. The molecule has 1 amide bonds. The average molecular weight is 493 g/mol. The van der Waals surface area contributed by atoms with Crippen LogP contribution < -0.4 is 10.6 Å². The number of guanidine groups is 1. The van der Waals surface area contributed by atoms with E-state index in [1.165, 1.54) is 11.3 Å². The molecule has 0 atom stereocenters. The predicted molar refractivity (Wildman–Crippen MR) is 119 cm³/mol. The summed E-state index contributed by atoms with van der Waals surface area (Å²) >= 11 is 1.71. The minimum absolute atomic E-state index is 0. The van der Waals surface area contributed by atoms with Crippen molar-refractivity contribution < 1.29 is 4.79 Å². The van der Waals surface area contributed by atoms with E-state index in [4.69, 9.17) is 0 Å². The van der Waals surface area contributed by atoms with Crippen molar-refractivity contribution in [1.82, 2.24) is 20.5 Å². The molecule has 2 heterocycles. The summed E-state index contributed by atoms with van der Waals surface area (Å²) in [6.45, 7) is 10.2. The number of aliphatic imine (C=N–C) groups is 1. The highest BCUT2D eigenvalue weighted by molar-refractivity contribution is 14.0. The van der Waals surface area contributed by atoms with Crippen LogP contribution in [0.3, 0.4) is 0 Å². The van der Waals surface area contributed by atoms with Gasteiger partial charge in [0.1, 0.15) is 5.01 Å². The number of carbonyl (C=O) groups is 1. The Morgan fingerprint density at radius 3 is 2.77 bits per heavy atom. The third-order valence-corrected chi connectivity index (χ3v) is 5.42. The first kappa shape index (κ1) is 23.1. The summed E-state index contributed by atoms with van der Waals surface area (Å²) in [4.78, 5) is 24.4. The first-order chi connectivity index (χ1) is 12.1. The van der Waals surface area contributed by atoms with Gasteiger partial charge in [0.25, 0.3) is 0 Å². The van der Waals surface area contributed by atoms with E-state index in [1.807, 2.05) is 11.8 Å². The van der Waals surface area contributed by atoms with Gasteiger partial charge in [-0.25, -0.2) is 9.98 Å². The van der Waals surface area contributed by atoms with E-state index in [1.54, 1.807) is 11.3 Å². The number of nitrogens with one attached hydrogen (secondary N) is 2. The number of nitrogens with zero attached hydrogens (tertiary/aromatic N) is 3. The van der Waals surface area contributed by atoms with Crippen LogP contribution in [0.2, 0.25) is 0 Å². The summed E-state index contributed by atoms with van der Waals surface area (Å²) in [6.07, 6.45) is 5.00. The number of thiazole rings is 1. The van der Waals surface area contributed by atoms with Crippen LogP contribution in [0.25, 0.3) is 0 Å². The third kappa shape index (κ3) is 7.77. The van der Waals surface area contributed by atoms with E-state index >= 15 is 0 Å². The van der Waals surface area contributed by atoms with Gasteiger partial charge in [0.2, 0.25) is 5.91 Å². The Labute approximate surface area is 178 Å². The van der Waals surface area contributed by atoms with Crippen LogP contribution >= 0.6 is 35.3 Å². The summed E-state index contributed by atoms with van der Waals surface area (Å²) in [7, 11) is 0. The minimum atomic E-state index is 0. The lowest BCUT2D eigenvalue weighted by molar-refractivity contribution is -0.130. The Morgan fingerprint density at radius 2 is 2.08 bits per heavy atom. The van der Waals surface area contributed by atoms with E-state index in [0.717, 1.165) is 62.1 Å². The molecular formula is C18H32IN5OS. The molecule has 0 aromatic carbocycles. The van der Waals surface area contributed by atoms with Gasteiger partial charge in [-0.3, -0.25) is 4.79 Å². The van der Waals surface area contributed by atoms with Crippen molar-refractivity contribution in [2.75, 3.05) is 26.2 Å². The smallest absolute Gasteiger partial charge is 0.222 e. The quantitative estimate of drug-likeness (QED) is 0.265. The summed E-state index contributed by atoms with van der Waals surface area (Å²) < 4.78 is 0. The van der Waals surface area contributed by atoms with Crippen LogP contribution in [-0.2, 0) is 11.3 Å². The normalized spacial score (nSPS) is 15.4. The molecule has 148 valence electrons. The van der Waals surface area contributed by atoms with Crippen LogP contribution in [0.1, 0.15) is 54.6 Å². The molecule has 0 bridgehead atoms. The van der Waals surface area contributed by atoms with Crippen molar-refractivity contribution in [1.29, 1.82) is 0 Å². The molecule has 1 aromatic heterocycles. The lowest BCUT2D eigenvalue weighted by atomic mass is 10.2. The number of aryl methyl sites for hydroxylation is 2. The van der Waals surface area contributed by atoms with Crippen LogP contribution in [0.15, 0.2) is 4.99 Å². The fourth-order valence-corrected chi connectivity index (χ4v) is 3.71. The lowest BCUT2D eigenvalue weighted by Crippen LogP contribution is -2.39. The number of rotatable bonds is 7. The SMILES string of the molecule is CCNC(=NCc1nc(C)c(C)s1)NCCCN1CCCCCC1=O.I. The molecule has 0 aliphatic carbocycles. The maximum atomic E-state index is 12.0. The van der Waals surface area contributed by atoms with Crippen molar-refractivity contribution in [3.63, 3.8) is 0 Å². The highest BCUT2D eigenvalue weighted by Gasteiger charge is 2.15. The molecule has 1 aliphatic heterocycles. The van der Waals surface area contributed by atoms with Gasteiger partial charge >= 0.3 is 0 Å². The highest BCUT2D eigenvalue weighted by atomic mass is 127. The van der Waals surface area contributed by atoms with E-state index in [9.17, 15) is 4.79 Å². The fraction of sp³-hybridized carbons (Fsp3) is 0.722. The molecule has 1 aromatic rings. The fourth-order valence-electron chi connectivity index (χ4n) is 2.85. The van der Waals surface area contributed by atoms with Gasteiger partial charge in [-0.15, -0.1) is 35.3 Å². The second-order valence-corrected chi connectivity index (χ2v) is 7.70.